The molecule has 8 heteroatoms. The topological polar surface area (TPSA) is 69.9 Å². The molecule has 0 fully saturated rings. The first-order valence-corrected chi connectivity index (χ1v) is 8.47. The van der Waals surface area contributed by atoms with E-state index < -0.39 is 5.97 Å². The fourth-order valence-corrected chi connectivity index (χ4v) is 2.61. The molecule has 0 atom stereocenters. The van der Waals surface area contributed by atoms with Crippen molar-refractivity contribution >= 4 is 33.7 Å². The maximum absolute atomic E-state index is 13.1. The van der Waals surface area contributed by atoms with Crippen LogP contribution in [0.5, 0.6) is 0 Å². The van der Waals surface area contributed by atoms with Crippen molar-refractivity contribution < 1.29 is 13.9 Å². The number of tetrazole rings is 1. The zero-order valence-corrected chi connectivity index (χ0v) is 15.4. The molecule has 3 rings (SSSR count). The number of esters is 1. The number of nitrogens with zero attached hydrogens (tertiary/aromatic N) is 4. The highest BCUT2D eigenvalue weighted by molar-refractivity contribution is 9.10. The maximum atomic E-state index is 13.1. The van der Waals surface area contributed by atoms with Gasteiger partial charge in [0.05, 0.1) is 0 Å². The lowest BCUT2D eigenvalue weighted by Gasteiger charge is -2.10. The number of carbonyl (C=O) groups is 1. The number of aryl methyl sites for hydroxylation is 1. The molecule has 0 aliphatic rings. The van der Waals surface area contributed by atoms with Crippen LogP contribution >= 0.6 is 15.9 Å². The molecule has 0 unspecified atom stereocenters. The Labute approximate surface area is 157 Å². The average Bonchev–Trinajstić information content (AvgIpc) is 3.06. The van der Waals surface area contributed by atoms with E-state index in [1.807, 2.05) is 24.3 Å². The highest BCUT2D eigenvalue weighted by atomic mass is 79.9. The standard InChI is InChI=1S/C18H14BrFN4O2/c1-12-21-22-23-24(12)17(10-13-6-8-15(20)9-7-13)18(25)26-11-14-4-2-3-5-16(14)19/h2-10H,11H2,1H3. The average molecular weight is 417 g/mol. The van der Waals surface area contributed by atoms with Crippen LogP contribution in [0.15, 0.2) is 53.0 Å². The van der Waals surface area contributed by atoms with Crippen LogP contribution in [-0.2, 0) is 16.1 Å². The summed E-state index contributed by atoms with van der Waals surface area (Å²) in [6.07, 6.45) is 1.55. The molecule has 0 saturated carbocycles. The predicted octanol–water partition coefficient (Wildman–Crippen LogP) is 3.62. The third-order valence-electron chi connectivity index (χ3n) is 3.55. The first-order valence-electron chi connectivity index (χ1n) is 7.68. The van der Waals surface area contributed by atoms with Crippen LogP contribution in [0.25, 0.3) is 11.8 Å². The zero-order valence-electron chi connectivity index (χ0n) is 13.8. The molecule has 6 nitrogen and oxygen atoms in total. The predicted molar refractivity (Wildman–Crippen MR) is 97.1 cm³/mol. The molecule has 0 aliphatic heterocycles. The van der Waals surface area contributed by atoms with E-state index in [4.69, 9.17) is 4.74 Å². The van der Waals surface area contributed by atoms with Crippen molar-refractivity contribution in [3.63, 3.8) is 0 Å². The van der Waals surface area contributed by atoms with E-state index >= 15 is 0 Å². The summed E-state index contributed by atoms with van der Waals surface area (Å²) in [5, 5.41) is 11.2. The summed E-state index contributed by atoms with van der Waals surface area (Å²) in [5.74, 6) is -0.532. The Kier molecular flexibility index (Phi) is 5.52. The maximum Gasteiger partial charge on any atom is 0.357 e. The highest BCUT2D eigenvalue weighted by Crippen LogP contribution is 2.19. The Hall–Kier alpha value is -2.87. The molecule has 132 valence electrons. The minimum absolute atomic E-state index is 0.0855. The summed E-state index contributed by atoms with van der Waals surface area (Å²) in [4.78, 5) is 12.7. The molecule has 2 aromatic carbocycles. The lowest BCUT2D eigenvalue weighted by molar-refractivity contribution is -0.138. The summed E-state index contributed by atoms with van der Waals surface area (Å²) in [6, 6.07) is 13.2. The lowest BCUT2D eigenvalue weighted by Crippen LogP contribution is -2.15. The smallest absolute Gasteiger partial charge is 0.357 e. The second-order valence-corrected chi connectivity index (χ2v) is 6.24. The molecule has 0 bridgehead atoms. The van der Waals surface area contributed by atoms with Crippen LogP contribution in [0.3, 0.4) is 0 Å². The van der Waals surface area contributed by atoms with Gasteiger partial charge in [0.1, 0.15) is 12.4 Å². The van der Waals surface area contributed by atoms with Crippen LogP contribution in [0.1, 0.15) is 17.0 Å². The van der Waals surface area contributed by atoms with Gasteiger partial charge in [-0.15, -0.1) is 5.10 Å². The summed E-state index contributed by atoms with van der Waals surface area (Å²) in [6.45, 7) is 1.75. The van der Waals surface area contributed by atoms with E-state index in [0.717, 1.165) is 10.0 Å². The fraction of sp³-hybridized carbons (Fsp3) is 0.111. The van der Waals surface area contributed by atoms with E-state index in [1.54, 1.807) is 25.1 Å². The van der Waals surface area contributed by atoms with Gasteiger partial charge in [-0.1, -0.05) is 46.3 Å². The van der Waals surface area contributed by atoms with Gasteiger partial charge in [0, 0.05) is 10.0 Å². The number of benzene rings is 2. The van der Waals surface area contributed by atoms with Crippen LogP contribution in [0.4, 0.5) is 4.39 Å². The Morgan fingerprint density at radius 3 is 2.62 bits per heavy atom. The minimum Gasteiger partial charge on any atom is -0.456 e. The minimum atomic E-state index is -0.597. The molecular weight excluding hydrogens is 403 g/mol. The molecule has 0 saturated heterocycles. The van der Waals surface area contributed by atoms with Gasteiger partial charge in [0.15, 0.2) is 11.5 Å². The molecule has 1 heterocycles. The molecular formula is C18H14BrFN4O2. The van der Waals surface area contributed by atoms with Gasteiger partial charge in [-0.25, -0.2) is 9.18 Å². The Balaban J connectivity index is 1.88. The van der Waals surface area contributed by atoms with E-state index in [2.05, 4.69) is 31.5 Å². The van der Waals surface area contributed by atoms with Crippen LogP contribution in [0, 0.1) is 12.7 Å². The van der Waals surface area contributed by atoms with Crippen molar-refractivity contribution in [2.75, 3.05) is 0 Å². The van der Waals surface area contributed by atoms with Crippen molar-refractivity contribution in [3.8, 4) is 0 Å². The largest absolute Gasteiger partial charge is 0.456 e. The van der Waals surface area contributed by atoms with E-state index in [0.29, 0.717) is 11.4 Å². The summed E-state index contributed by atoms with van der Waals surface area (Å²) in [7, 11) is 0. The number of carbonyl (C=O) groups excluding carboxylic acids is 1. The van der Waals surface area contributed by atoms with Crippen LogP contribution in [0.2, 0.25) is 0 Å². The number of aromatic nitrogens is 4. The Morgan fingerprint density at radius 1 is 1.23 bits per heavy atom. The third-order valence-corrected chi connectivity index (χ3v) is 4.33. The molecule has 26 heavy (non-hydrogen) atoms. The quantitative estimate of drug-likeness (QED) is 0.469. The molecule has 3 aromatic rings. The van der Waals surface area contributed by atoms with Gasteiger partial charge in [-0.3, -0.25) is 0 Å². The van der Waals surface area contributed by atoms with Crippen molar-refractivity contribution in [2.45, 2.75) is 13.5 Å². The number of halogens is 2. The first-order chi connectivity index (χ1) is 12.5. The molecule has 0 spiro atoms. The number of hydrogen-bond acceptors (Lipinski definition) is 5. The van der Waals surface area contributed by atoms with E-state index in [1.165, 1.54) is 16.8 Å². The summed E-state index contributed by atoms with van der Waals surface area (Å²) < 4.78 is 20.7. The molecule has 1 aromatic heterocycles. The number of hydrogen-bond donors (Lipinski definition) is 0. The summed E-state index contributed by atoms with van der Waals surface area (Å²) >= 11 is 3.42. The van der Waals surface area contributed by atoms with Crippen molar-refractivity contribution in [3.05, 3.63) is 75.8 Å². The first kappa shape index (κ1) is 17.9. The van der Waals surface area contributed by atoms with Crippen molar-refractivity contribution in [1.82, 2.24) is 20.2 Å². The highest BCUT2D eigenvalue weighted by Gasteiger charge is 2.18. The Morgan fingerprint density at radius 2 is 1.96 bits per heavy atom. The monoisotopic (exact) mass is 416 g/mol. The van der Waals surface area contributed by atoms with E-state index in [9.17, 15) is 9.18 Å². The number of rotatable bonds is 5. The van der Waals surface area contributed by atoms with Gasteiger partial charge in [-0.05, 0) is 47.2 Å². The van der Waals surface area contributed by atoms with Gasteiger partial charge < -0.3 is 4.74 Å². The van der Waals surface area contributed by atoms with E-state index in [-0.39, 0.29) is 18.1 Å². The molecule has 0 radical (unpaired) electrons. The fourth-order valence-electron chi connectivity index (χ4n) is 2.21. The second kappa shape index (κ2) is 8.01. The van der Waals surface area contributed by atoms with Gasteiger partial charge >= 0.3 is 5.97 Å². The lowest BCUT2D eigenvalue weighted by atomic mass is 10.2. The van der Waals surface area contributed by atoms with Crippen LogP contribution in [-0.4, -0.2) is 26.2 Å². The molecule has 0 aliphatic carbocycles. The zero-order chi connectivity index (χ0) is 18.5. The normalized spacial score (nSPS) is 11.4. The number of ether oxygens (including phenoxy) is 1. The van der Waals surface area contributed by atoms with Crippen molar-refractivity contribution in [1.29, 1.82) is 0 Å². The SMILES string of the molecule is Cc1nnnn1C(=Cc1ccc(F)cc1)C(=O)OCc1ccccc1Br. The second-order valence-electron chi connectivity index (χ2n) is 5.39. The van der Waals surface area contributed by atoms with Gasteiger partial charge in [0.2, 0.25) is 0 Å². The van der Waals surface area contributed by atoms with Crippen LogP contribution < -0.4 is 0 Å². The van der Waals surface area contributed by atoms with Gasteiger partial charge in [0.25, 0.3) is 0 Å². The third kappa shape index (κ3) is 4.20. The molecule has 0 N–H and O–H groups in total. The summed E-state index contributed by atoms with van der Waals surface area (Å²) in [5.41, 5.74) is 1.58. The molecule has 0 amide bonds. The Bertz CT molecular complexity index is 954. The van der Waals surface area contributed by atoms with Crippen molar-refractivity contribution in [2.24, 2.45) is 0 Å². The van der Waals surface area contributed by atoms with Gasteiger partial charge in [-0.2, -0.15) is 4.68 Å².